The number of aromatic nitrogens is 1. The molecule has 27 heavy (non-hydrogen) atoms. The van der Waals surface area contributed by atoms with Crippen LogP contribution in [-0.2, 0) is 13.0 Å². The molecule has 1 aromatic heterocycles. The molecular weight excluding hydrogens is 338 g/mol. The smallest absolute Gasteiger partial charge is 0.231 e. The van der Waals surface area contributed by atoms with E-state index in [9.17, 15) is 0 Å². The van der Waals surface area contributed by atoms with Crippen LogP contribution in [0.1, 0.15) is 44.2 Å². The highest BCUT2D eigenvalue weighted by atomic mass is 16.7. The second-order valence-electron chi connectivity index (χ2n) is 6.65. The number of rotatable bonds is 6. The summed E-state index contributed by atoms with van der Waals surface area (Å²) in [7, 11) is 0. The number of hydrogen-bond acceptors (Lipinski definition) is 5. The molecule has 5 nitrogen and oxygen atoms in total. The molecule has 5 heteroatoms. The van der Waals surface area contributed by atoms with E-state index in [4.69, 9.17) is 9.47 Å². The first-order valence-corrected chi connectivity index (χ1v) is 10.2. The molecule has 1 aromatic carbocycles. The summed E-state index contributed by atoms with van der Waals surface area (Å²) in [5, 5.41) is 3.48. The van der Waals surface area contributed by atoms with Crippen molar-refractivity contribution in [2.24, 2.45) is 0 Å². The fraction of sp³-hybridized carbons (Fsp3) is 0.500. The molecule has 1 saturated heterocycles. The summed E-state index contributed by atoms with van der Waals surface area (Å²) in [6.07, 6.45) is 6.90. The summed E-state index contributed by atoms with van der Waals surface area (Å²) >= 11 is 0. The summed E-state index contributed by atoms with van der Waals surface area (Å²) in [6, 6.07) is 10.4. The number of nitrogens with zero attached hydrogens (tertiary/aromatic N) is 2. The molecule has 0 aliphatic carbocycles. The third-order valence-corrected chi connectivity index (χ3v) is 4.87. The van der Waals surface area contributed by atoms with Crippen LogP contribution in [0, 0.1) is 0 Å². The van der Waals surface area contributed by atoms with Gasteiger partial charge in [0.25, 0.3) is 0 Å². The van der Waals surface area contributed by atoms with E-state index in [1.807, 2.05) is 32.2 Å². The highest BCUT2D eigenvalue weighted by Crippen LogP contribution is 2.35. The summed E-state index contributed by atoms with van der Waals surface area (Å²) in [4.78, 5) is 7.04. The quantitative estimate of drug-likeness (QED) is 0.775. The summed E-state index contributed by atoms with van der Waals surface area (Å²) in [6.45, 7) is 8.30. The van der Waals surface area contributed by atoms with Gasteiger partial charge in [0, 0.05) is 31.4 Å². The summed E-state index contributed by atoms with van der Waals surface area (Å²) in [5.41, 5.74) is 2.42. The molecule has 146 valence electrons. The summed E-state index contributed by atoms with van der Waals surface area (Å²) < 4.78 is 11.0. The lowest BCUT2D eigenvalue weighted by atomic mass is 10.1. The second-order valence-corrected chi connectivity index (χ2v) is 6.65. The van der Waals surface area contributed by atoms with E-state index >= 15 is 0 Å². The largest absolute Gasteiger partial charge is 0.454 e. The zero-order valence-electron chi connectivity index (χ0n) is 16.5. The van der Waals surface area contributed by atoms with Crippen molar-refractivity contribution in [3.05, 3.63) is 47.7 Å². The van der Waals surface area contributed by atoms with Crippen molar-refractivity contribution in [3.63, 3.8) is 0 Å². The van der Waals surface area contributed by atoms with Crippen LogP contribution in [0.25, 0.3) is 0 Å². The van der Waals surface area contributed by atoms with Gasteiger partial charge in [0.05, 0.1) is 0 Å². The first kappa shape index (κ1) is 19.5. The minimum absolute atomic E-state index is 0.321. The van der Waals surface area contributed by atoms with Crippen LogP contribution in [0.2, 0.25) is 0 Å². The molecule has 0 radical (unpaired) electrons. The fourth-order valence-electron chi connectivity index (χ4n) is 3.46. The SMILES string of the molecule is CC.c1cc(CNCCc2ccc(N3CCCCC3)nc2)c2c(c1)OCO2. The van der Waals surface area contributed by atoms with E-state index in [-0.39, 0.29) is 0 Å². The van der Waals surface area contributed by atoms with Crippen LogP contribution >= 0.6 is 0 Å². The predicted octanol–water partition coefficient (Wildman–Crippen LogP) is 4.16. The Kier molecular flexibility index (Phi) is 7.34. The van der Waals surface area contributed by atoms with Gasteiger partial charge in [0.2, 0.25) is 6.79 Å². The average Bonchev–Trinajstić information content (AvgIpc) is 3.23. The number of fused-ring (bicyclic) bond motifs is 1. The molecule has 0 bridgehead atoms. The third-order valence-electron chi connectivity index (χ3n) is 4.87. The monoisotopic (exact) mass is 369 g/mol. The summed E-state index contributed by atoms with van der Waals surface area (Å²) in [5.74, 6) is 2.84. The Morgan fingerprint density at radius 2 is 1.89 bits per heavy atom. The molecule has 0 amide bonds. The van der Waals surface area contributed by atoms with Crippen LogP contribution in [-0.4, -0.2) is 31.4 Å². The number of benzene rings is 1. The van der Waals surface area contributed by atoms with Gasteiger partial charge in [-0.3, -0.25) is 0 Å². The number of nitrogens with one attached hydrogen (secondary N) is 1. The standard InChI is InChI=1S/C20H25N3O2.C2H6/c1-2-11-23(12-3-1)19-8-7-16(13-22-19)9-10-21-14-17-5-4-6-18-20(17)25-15-24-18;1-2/h4-8,13,21H,1-3,9-12,14-15H2;1-2H3. The maximum absolute atomic E-state index is 5.54. The van der Waals surface area contributed by atoms with Crippen molar-refractivity contribution in [2.75, 3.05) is 31.3 Å². The Morgan fingerprint density at radius 3 is 2.67 bits per heavy atom. The fourth-order valence-corrected chi connectivity index (χ4v) is 3.46. The molecule has 0 saturated carbocycles. The van der Waals surface area contributed by atoms with Crippen LogP contribution in [0.4, 0.5) is 5.82 Å². The van der Waals surface area contributed by atoms with Gasteiger partial charge in [-0.1, -0.05) is 32.0 Å². The maximum atomic E-state index is 5.54. The van der Waals surface area contributed by atoms with Crippen LogP contribution in [0.3, 0.4) is 0 Å². The molecule has 2 aliphatic heterocycles. The van der Waals surface area contributed by atoms with Crippen molar-refractivity contribution in [1.82, 2.24) is 10.3 Å². The number of pyridine rings is 1. The van der Waals surface area contributed by atoms with Gasteiger partial charge in [-0.25, -0.2) is 4.98 Å². The Hall–Kier alpha value is -2.27. The normalized spacial score (nSPS) is 15.3. The minimum Gasteiger partial charge on any atom is -0.454 e. The average molecular weight is 370 g/mol. The Balaban J connectivity index is 0.00000102. The molecular formula is C22H31N3O2. The molecule has 3 heterocycles. The van der Waals surface area contributed by atoms with Crippen LogP contribution < -0.4 is 19.7 Å². The third kappa shape index (κ3) is 5.13. The first-order chi connectivity index (χ1) is 13.4. The van der Waals surface area contributed by atoms with Gasteiger partial charge >= 0.3 is 0 Å². The topological polar surface area (TPSA) is 46.6 Å². The van der Waals surface area contributed by atoms with E-state index < -0.39 is 0 Å². The van der Waals surface area contributed by atoms with Crippen LogP contribution in [0.5, 0.6) is 11.5 Å². The molecule has 0 spiro atoms. The van der Waals surface area contributed by atoms with E-state index in [0.717, 1.165) is 55.5 Å². The zero-order valence-corrected chi connectivity index (χ0v) is 16.5. The second kappa shape index (κ2) is 10.2. The van der Waals surface area contributed by atoms with Crippen molar-refractivity contribution in [3.8, 4) is 11.5 Å². The number of piperidine rings is 1. The van der Waals surface area contributed by atoms with Gasteiger partial charge in [-0.2, -0.15) is 0 Å². The van der Waals surface area contributed by atoms with Gasteiger partial charge in [0.1, 0.15) is 5.82 Å². The number of ether oxygens (including phenoxy) is 2. The lowest BCUT2D eigenvalue weighted by molar-refractivity contribution is 0.173. The predicted molar refractivity (Wildman–Crippen MR) is 110 cm³/mol. The highest BCUT2D eigenvalue weighted by molar-refractivity contribution is 5.48. The molecule has 0 unspecified atom stereocenters. The first-order valence-electron chi connectivity index (χ1n) is 10.2. The van der Waals surface area contributed by atoms with E-state index in [1.54, 1.807) is 0 Å². The van der Waals surface area contributed by atoms with Crippen molar-refractivity contribution in [1.29, 1.82) is 0 Å². The molecule has 1 N–H and O–H groups in total. The number of anilines is 1. The lowest BCUT2D eigenvalue weighted by Crippen LogP contribution is -2.30. The van der Waals surface area contributed by atoms with E-state index in [0.29, 0.717) is 6.79 Å². The van der Waals surface area contributed by atoms with E-state index in [2.05, 4.69) is 33.4 Å². The highest BCUT2D eigenvalue weighted by Gasteiger charge is 2.16. The van der Waals surface area contributed by atoms with Gasteiger partial charge in [0.15, 0.2) is 11.5 Å². The molecule has 1 fully saturated rings. The Morgan fingerprint density at radius 1 is 1.04 bits per heavy atom. The van der Waals surface area contributed by atoms with Crippen molar-refractivity contribution < 1.29 is 9.47 Å². The van der Waals surface area contributed by atoms with Gasteiger partial charge in [-0.15, -0.1) is 0 Å². The van der Waals surface area contributed by atoms with Crippen molar-refractivity contribution >= 4 is 5.82 Å². The number of hydrogen-bond donors (Lipinski definition) is 1. The molecule has 0 atom stereocenters. The van der Waals surface area contributed by atoms with Gasteiger partial charge in [-0.05, 0) is 49.9 Å². The van der Waals surface area contributed by atoms with Crippen LogP contribution in [0.15, 0.2) is 36.5 Å². The maximum Gasteiger partial charge on any atom is 0.231 e. The van der Waals surface area contributed by atoms with Gasteiger partial charge < -0.3 is 19.7 Å². The minimum atomic E-state index is 0.321. The lowest BCUT2D eigenvalue weighted by Gasteiger charge is -2.27. The number of para-hydroxylation sites is 1. The molecule has 2 aromatic rings. The van der Waals surface area contributed by atoms with E-state index in [1.165, 1.54) is 24.8 Å². The molecule has 4 rings (SSSR count). The zero-order chi connectivity index (χ0) is 18.9. The molecule has 2 aliphatic rings. The Bertz CT molecular complexity index is 697. The van der Waals surface area contributed by atoms with Crippen molar-refractivity contribution in [2.45, 2.75) is 46.1 Å². The Labute approximate surface area is 162 Å².